The van der Waals surface area contributed by atoms with Crippen molar-refractivity contribution < 1.29 is 9.53 Å². The van der Waals surface area contributed by atoms with Gasteiger partial charge in [0.05, 0.1) is 17.9 Å². The molecule has 0 fully saturated rings. The molecule has 24 heavy (non-hydrogen) atoms. The molecule has 7 nitrogen and oxygen atoms in total. The second kappa shape index (κ2) is 6.74. The van der Waals surface area contributed by atoms with Crippen LogP contribution in [0.1, 0.15) is 18.9 Å². The van der Waals surface area contributed by atoms with Crippen LogP contribution in [0.25, 0.3) is 0 Å². The molecule has 0 radical (unpaired) electrons. The molecule has 0 atom stereocenters. The largest absolute Gasteiger partial charge is 0.377 e. The minimum atomic E-state index is -0.109. The third-order valence-corrected chi connectivity index (χ3v) is 4.43. The minimum absolute atomic E-state index is 0.108. The SMILES string of the molecule is COCc1nnc(NC(=O)CN2CC(C)(C)Nc3ccccc32)s1. The van der Waals surface area contributed by atoms with Gasteiger partial charge in [0.25, 0.3) is 0 Å². The maximum absolute atomic E-state index is 12.4. The number of hydrogen-bond acceptors (Lipinski definition) is 7. The number of ether oxygens (including phenoxy) is 1. The number of aromatic nitrogens is 2. The van der Waals surface area contributed by atoms with Gasteiger partial charge in [-0.2, -0.15) is 0 Å². The molecule has 128 valence electrons. The number of carbonyl (C=O) groups is 1. The van der Waals surface area contributed by atoms with E-state index in [1.807, 2.05) is 24.3 Å². The van der Waals surface area contributed by atoms with Crippen molar-refractivity contribution in [1.82, 2.24) is 10.2 Å². The fourth-order valence-electron chi connectivity index (χ4n) is 2.78. The topological polar surface area (TPSA) is 79.4 Å². The zero-order valence-corrected chi connectivity index (χ0v) is 14.8. The van der Waals surface area contributed by atoms with Crippen LogP contribution in [-0.2, 0) is 16.1 Å². The number of rotatable bonds is 5. The molecule has 0 saturated carbocycles. The molecule has 0 bridgehead atoms. The number of carbonyl (C=O) groups excluding carboxylic acids is 1. The molecular weight excluding hydrogens is 326 g/mol. The summed E-state index contributed by atoms with van der Waals surface area (Å²) in [4.78, 5) is 14.5. The zero-order valence-electron chi connectivity index (χ0n) is 14.0. The van der Waals surface area contributed by atoms with E-state index in [1.54, 1.807) is 7.11 Å². The Bertz CT molecular complexity index is 731. The Balaban J connectivity index is 1.69. The van der Waals surface area contributed by atoms with Gasteiger partial charge in [0.15, 0.2) is 0 Å². The first-order valence-electron chi connectivity index (χ1n) is 7.70. The van der Waals surface area contributed by atoms with Crippen molar-refractivity contribution in [1.29, 1.82) is 0 Å². The number of fused-ring (bicyclic) bond motifs is 1. The molecule has 0 aliphatic carbocycles. The Morgan fingerprint density at radius 2 is 2.21 bits per heavy atom. The van der Waals surface area contributed by atoms with Crippen LogP contribution in [-0.4, -0.2) is 41.8 Å². The highest BCUT2D eigenvalue weighted by Gasteiger charge is 2.30. The number of amides is 1. The maximum Gasteiger partial charge on any atom is 0.245 e. The third-order valence-electron chi connectivity index (χ3n) is 3.62. The number of anilines is 3. The summed E-state index contributed by atoms with van der Waals surface area (Å²) >= 11 is 1.32. The molecular formula is C16H21N5O2S. The van der Waals surface area contributed by atoms with Crippen LogP contribution in [0.4, 0.5) is 16.5 Å². The van der Waals surface area contributed by atoms with Gasteiger partial charge < -0.3 is 15.0 Å². The van der Waals surface area contributed by atoms with Gasteiger partial charge >= 0.3 is 0 Å². The molecule has 1 aromatic carbocycles. The summed E-state index contributed by atoms with van der Waals surface area (Å²) in [6, 6.07) is 8.02. The Labute approximate surface area is 145 Å². The van der Waals surface area contributed by atoms with Crippen LogP contribution in [0.2, 0.25) is 0 Å². The summed E-state index contributed by atoms with van der Waals surface area (Å²) in [6.45, 7) is 5.64. The van der Waals surface area contributed by atoms with E-state index < -0.39 is 0 Å². The van der Waals surface area contributed by atoms with Crippen LogP contribution in [0.15, 0.2) is 24.3 Å². The van der Waals surface area contributed by atoms with E-state index >= 15 is 0 Å². The monoisotopic (exact) mass is 347 g/mol. The number of methoxy groups -OCH3 is 1. The Kier molecular flexibility index (Phi) is 4.68. The van der Waals surface area contributed by atoms with Gasteiger partial charge in [-0.15, -0.1) is 10.2 Å². The van der Waals surface area contributed by atoms with Crippen molar-refractivity contribution in [2.45, 2.75) is 26.0 Å². The van der Waals surface area contributed by atoms with Gasteiger partial charge in [-0.25, -0.2) is 0 Å². The molecule has 2 heterocycles. The maximum atomic E-state index is 12.4. The lowest BCUT2D eigenvalue weighted by molar-refractivity contribution is -0.115. The molecule has 2 aromatic rings. The predicted molar refractivity (Wildman–Crippen MR) is 95.6 cm³/mol. The second-order valence-corrected chi connectivity index (χ2v) is 7.43. The van der Waals surface area contributed by atoms with E-state index in [4.69, 9.17) is 4.74 Å². The average molecular weight is 347 g/mol. The quantitative estimate of drug-likeness (QED) is 0.864. The summed E-state index contributed by atoms with van der Waals surface area (Å²) < 4.78 is 5.01. The molecule has 0 saturated heterocycles. The van der Waals surface area contributed by atoms with Crippen LogP contribution in [0.3, 0.4) is 0 Å². The van der Waals surface area contributed by atoms with Gasteiger partial charge in [-0.1, -0.05) is 23.5 Å². The standard InChI is InChI=1S/C16H21N5O2S/c1-16(2)10-21(12-7-5-4-6-11(12)18-16)8-13(22)17-15-20-19-14(24-15)9-23-3/h4-7,18H,8-10H2,1-3H3,(H,17,20,22). The smallest absolute Gasteiger partial charge is 0.245 e. The van der Waals surface area contributed by atoms with Crippen LogP contribution in [0.5, 0.6) is 0 Å². The number of nitrogens with one attached hydrogen (secondary N) is 2. The molecule has 1 aliphatic heterocycles. The van der Waals surface area contributed by atoms with Gasteiger partial charge in [-0.05, 0) is 26.0 Å². The first-order valence-corrected chi connectivity index (χ1v) is 8.52. The molecule has 8 heteroatoms. The normalized spacial score (nSPS) is 15.5. The van der Waals surface area contributed by atoms with Crippen molar-refractivity contribution in [3.63, 3.8) is 0 Å². The van der Waals surface area contributed by atoms with E-state index in [0.29, 0.717) is 11.7 Å². The number of nitrogens with zero attached hydrogens (tertiary/aromatic N) is 3. The number of hydrogen-bond donors (Lipinski definition) is 2. The van der Waals surface area contributed by atoms with E-state index in [9.17, 15) is 4.79 Å². The molecule has 3 rings (SSSR count). The van der Waals surface area contributed by atoms with E-state index in [0.717, 1.165) is 22.9 Å². The van der Waals surface area contributed by atoms with Gasteiger partial charge in [-0.3, -0.25) is 10.1 Å². The molecule has 1 aromatic heterocycles. The first kappa shape index (κ1) is 16.7. The lowest BCUT2D eigenvalue weighted by Gasteiger charge is -2.41. The average Bonchev–Trinajstić information content (AvgIpc) is 2.93. The Hall–Kier alpha value is -2.19. The highest BCUT2D eigenvalue weighted by molar-refractivity contribution is 7.15. The fourth-order valence-corrected chi connectivity index (χ4v) is 3.51. The third kappa shape index (κ3) is 3.82. The van der Waals surface area contributed by atoms with Crippen molar-refractivity contribution in [2.24, 2.45) is 0 Å². The van der Waals surface area contributed by atoms with E-state index in [-0.39, 0.29) is 18.0 Å². The van der Waals surface area contributed by atoms with E-state index in [1.165, 1.54) is 11.3 Å². The second-order valence-electron chi connectivity index (χ2n) is 6.36. The summed E-state index contributed by atoms with van der Waals surface area (Å²) in [6.07, 6.45) is 0. The first-order chi connectivity index (χ1) is 11.5. The summed E-state index contributed by atoms with van der Waals surface area (Å²) in [5.41, 5.74) is 1.97. The Morgan fingerprint density at radius 1 is 1.42 bits per heavy atom. The molecule has 1 aliphatic rings. The lowest BCUT2D eigenvalue weighted by atomic mass is 9.99. The van der Waals surface area contributed by atoms with E-state index in [2.05, 4.69) is 39.6 Å². The summed E-state index contributed by atoms with van der Waals surface area (Å²) in [7, 11) is 1.60. The highest BCUT2D eigenvalue weighted by atomic mass is 32.1. The van der Waals surface area contributed by atoms with Crippen molar-refractivity contribution in [3.8, 4) is 0 Å². The zero-order chi connectivity index (χ0) is 17.2. The van der Waals surface area contributed by atoms with Crippen molar-refractivity contribution in [3.05, 3.63) is 29.3 Å². The molecule has 2 N–H and O–H groups in total. The van der Waals surface area contributed by atoms with Gasteiger partial charge in [0.1, 0.15) is 11.6 Å². The van der Waals surface area contributed by atoms with Crippen LogP contribution < -0.4 is 15.5 Å². The lowest BCUT2D eigenvalue weighted by Crippen LogP contribution is -2.50. The molecule has 1 amide bonds. The molecule has 0 spiro atoms. The predicted octanol–water partition coefficient (Wildman–Crippen LogP) is 2.33. The highest BCUT2D eigenvalue weighted by Crippen LogP contribution is 2.33. The van der Waals surface area contributed by atoms with Crippen molar-refractivity contribution >= 4 is 33.8 Å². The fraction of sp³-hybridized carbons (Fsp3) is 0.438. The number of para-hydroxylation sites is 2. The minimum Gasteiger partial charge on any atom is -0.377 e. The van der Waals surface area contributed by atoms with Crippen molar-refractivity contribution in [2.75, 3.05) is 35.7 Å². The van der Waals surface area contributed by atoms with Crippen LogP contribution in [0, 0.1) is 0 Å². The molecule has 0 unspecified atom stereocenters. The van der Waals surface area contributed by atoms with Gasteiger partial charge in [0, 0.05) is 19.2 Å². The number of benzene rings is 1. The Morgan fingerprint density at radius 3 is 3.00 bits per heavy atom. The van der Waals surface area contributed by atoms with Gasteiger partial charge in [0.2, 0.25) is 11.0 Å². The summed E-state index contributed by atoms with van der Waals surface area (Å²) in [5.74, 6) is -0.109. The summed E-state index contributed by atoms with van der Waals surface area (Å²) in [5, 5.41) is 15.5. The van der Waals surface area contributed by atoms with Crippen LogP contribution >= 0.6 is 11.3 Å².